The number of fused-ring (bicyclic) bond motifs is 1. The van der Waals surface area contributed by atoms with Gasteiger partial charge in [0.1, 0.15) is 10.6 Å². The quantitative estimate of drug-likeness (QED) is 0.919. The standard InChI is InChI=1S/C13H16N2O4S/c1-8-5-10-9(6-11(8)19-4)13(16)12(7-14-10)20(17,18)15(2)3/h5-7H,1-4H3,(H,14,16). The molecule has 6 nitrogen and oxygen atoms in total. The van der Waals surface area contributed by atoms with Crippen molar-refractivity contribution in [1.82, 2.24) is 9.29 Å². The maximum atomic E-state index is 12.4. The first-order valence-corrected chi connectivity index (χ1v) is 7.35. The Kier molecular flexibility index (Phi) is 3.58. The lowest BCUT2D eigenvalue weighted by Crippen LogP contribution is -2.27. The summed E-state index contributed by atoms with van der Waals surface area (Å²) in [5, 5.41) is 0.287. The number of nitrogens with one attached hydrogen (secondary N) is 1. The summed E-state index contributed by atoms with van der Waals surface area (Å²) < 4.78 is 30.4. The molecule has 1 aromatic carbocycles. The van der Waals surface area contributed by atoms with Gasteiger partial charge in [0.05, 0.1) is 12.5 Å². The maximum absolute atomic E-state index is 12.4. The fraction of sp³-hybridized carbons (Fsp3) is 0.308. The van der Waals surface area contributed by atoms with Crippen molar-refractivity contribution in [2.24, 2.45) is 0 Å². The predicted octanol–water partition coefficient (Wildman–Crippen LogP) is 1.10. The number of benzene rings is 1. The van der Waals surface area contributed by atoms with Crippen LogP contribution in [0.25, 0.3) is 10.9 Å². The van der Waals surface area contributed by atoms with Crippen molar-refractivity contribution in [2.45, 2.75) is 11.8 Å². The van der Waals surface area contributed by atoms with Gasteiger partial charge in [0.2, 0.25) is 15.5 Å². The molecule has 1 N–H and O–H groups in total. The number of methoxy groups -OCH3 is 1. The van der Waals surface area contributed by atoms with Gasteiger partial charge in [-0.05, 0) is 24.6 Å². The fourth-order valence-electron chi connectivity index (χ4n) is 1.95. The smallest absolute Gasteiger partial charge is 0.247 e. The lowest BCUT2D eigenvalue weighted by molar-refractivity contribution is 0.412. The molecule has 0 saturated heterocycles. The first-order chi connectivity index (χ1) is 9.28. The number of ether oxygens (including phenoxy) is 1. The highest BCUT2D eigenvalue weighted by atomic mass is 32.2. The summed E-state index contributed by atoms with van der Waals surface area (Å²) in [4.78, 5) is 15.0. The number of nitrogens with zero attached hydrogens (tertiary/aromatic N) is 1. The van der Waals surface area contributed by atoms with E-state index in [1.165, 1.54) is 27.4 Å². The third-order valence-corrected chi connectivity index (χ3v) is 4.94. The molecular weight excluding hydrogens is 280 g/mol. The predicted molar refractivity (Wildman–Crippen MR) is 76.7 cm³/mol. The third kappa shape index (κ3) is 2.19. The molecule has 0 aliphatic carbocycles. The lowest BCUT2D eigenvalue weighted by Gasteiger charge is -2.12. The average molecular weight is 296 g/mol. The number of H-pyrrole nitrogens is 1. The van der Waals surface area contributed by atoms with Gasteiger partial charge in [0, 0.05) is 25.8 Å². The Hall–Kier alpha value is -1.86. The van der Waals surface area contributed by atoms with Gasteiger partial charge in [0.25, 0.3) is 0 Å². The minimum absolute atomic E-state index is 0.277. The van der Waals surface area contributed by atoms with Gasteiger partial charge in [-0.25, -0.2) is 12.7 Å². The van der Waals surface area contributed by atoms with E-state index < -0.39 is 15.5 Å². The van der Waals surface area contributed by atoms with E-state index in [0.717, 1.165) is 9.87 Å². The molecule has 0 amide bonds. The van der Waals surface area contributed by atoms with Crippen molar-refractivity contribution in [3.63, 3.8) is 0 Å². The second-order valence-electron chi connectivity index (χ2n) is 4.64. The number of pyridine rings is 1. The Bertz CT molecular complexity index is 822. The summed E-state index contributed by atoms with van der Waals surface area (Å²) in [5.74, 6) is 0.544. The van der Waals surface area contributed by atoms with Gasteiger partial charge in [-0.3, -0.25) is 4.79 Å². The molecule has 2 rings (SSSR count). The van der Waals surface area contributed by atoms with Crippen LogP contribution in [0.4, 0.5) is 0 Å². The van der Waals surface area contributed by atoms with Gasteiger partial charge in [-0.2, -0.15) is 0 Å². The van der Waals surface area contributed by atoms with Crippen LogP contribution in [-0.4, -0.2) is 38.9 Å². The molecule has 1 heterocycles. The van der Waals surface area contributed by atoms with Gasteiger partial charge >= 0.3 is 0 Å². The van der Waals surface area contributed by atoms with Crippen LogP contribution >= 0.6 is 0 Å². The Morgan fingerprint density at radius 1 is 1.25 bits per heavy atom. The molecule has 20 heavy (non-hydrogen) atoms. The van der Waals surface area contributed by atoms with Crippen LogP contribution in [0.1, 0.15) is 5.56 Å². The Balaban J connectivity index is 2.84. The topological polar surface area (TPSA) is 79.5 Å². The molecule has 0 radical (unpaired) electrons. The highest BCUT2D eigenvalue weighted by molar-refractivity contribution is 7.89. The van der Waals surface area contributed by atoms with Gasteiger partial charge in [-0.1, -0.05) is 0 Å². The molecule has 0 atom stereocenters. The monoisotopic (exact) mass is 296 g/mol. The van der Waals surface area contributed by atoms with Gasteiger partial charge in [-0.15, -0.1) is 0 Å². The van der Waals surface area contributed by atoms with E-state index in [4.69, 9.17) is 4.74 Å². The molecule has 0 spiro atoms. The highest BCUT2D eigenvalue weighted by Gasteiger charge is 2.22. The van der Waals surface area contributed by atoms with Gasteiger partial charge < -0.3 is 9.72 Å². The first kappa shape index (κ1) is 14.5. The summed E-state index contributed by atoms with van der Waals surface area (Å²) >= 11 is 0. The summed E-state index contributed by atoms with van der Waals surface area (Å²) in [6.45, 7) is 1.85. The Labute approximate surface area is 117 Å². The summed E-state index contributed by atoms with van der Waals surface area (Å²) in [5.41, 5.74) is 0.899. The zero-order valence-corrected chi connectivity index (χ0v) is 12.5. The first-order valence-electron chi connectivity index (χ1n) is 5.91. The molecule has 108 valence electrons. The normalized spacial score (nSPS) is 12.1. The molecular formula is C13H16N2O4S. The minimum Gasteiger partial charge on any atom is -0.496 e. The van der Waals surface area contributed by atoms with Gasteiger partial charge in [0.15, 0.2) is 0 Å². The van der Waals surface area contributed by atoms with E-state index in [9.17, 15) is 13.2 Å². The van der Waals surface area contributed by atoms with E-state index in [2.05, 4.69) is 4.98 Å². The van der Waals surface area contributed by atoms with Crippen molar-refractivity contribution in [3.8, 4) is 5.75 Å². The van der Waals surface area contributed by atoms with Crippen molar-refractivity contribution in [3.05, 3.63) is 34.1 Å². The number of hydrogen-bond acceptors (Lipinski definition) is 4. The molecule has 0 unspecified atom stereocenters. The minimum atomic E-state index is -3.78. The second-order valence-corrected chi connectivity index (χ2v) is 6.76. The van der Waals surface area contributed by atoms with Crippen molar-refractivity contribution < 1.29 is 13.2 Å². The molecule has 1 aromatic heterocycles. The zero-order chi connectivity index (χ0) is 15.1. The van der Waals surface area contributed by atoms with Crippen molar-refractivity contribution in [2.75, 3.05) is 21.2 Å². The van der Waals surface area contributed by atoms with Crippen LogP contribution < -0.4 is 10.2 Å². The van der Waals surface area contributed by atoms with E-state index in [0.29, 0.717) is 11.3 Å². The number of hydrogen-bond donors (Lipinski definition) is 1. The number of aryl methyl sites for hydroxylation is 1. The SMILES string of the molecule is COc1cc2c(=O)c(S(=O)(=O)N(C)C)c[nH]c2cc1C. The largest absolute Gasteiger partial charge is 0.496 e. The lowest BCUT2D eigenvalue weighted by atomic mass is 10.1. The Morgan fingerprint density at radius 2 is 1.90 bits per heavy atom. The van der Waals surface area contributed by atoms with Crippen LogP contribution in [0.15, 0.2) is 28.0 Å². The second kappa shape index (κ2) is 4.92. The maximum Gasteiger partial charge on any atom is 0.247 e. The molecule has 0 aliphatic heterocycles. The Morgan fingerprint density at radius 3 is 2.45 bits per heavy atom. The van der Waals surface area contributed by atoms with Crippen LogP contribution in [-0.2, 0) is 10.0 Å². The molecule has 0 aliphatic rings. The third-order valence-electron chi connectivity index (χ3n) is 3.12. The number of sulfonamides is 1. The molecule has 0 saturated carbocycles. The molecule has 0 fully saturated rings. The fourth-order valence-corrected chi connectivity index (χ4v) is 2.89. The summed E-state index contributed by atoms with van der Waals surface area (Å²) in [6, 6.07) is 3.31. The van der Waals surface area contributed by atoms with Crippen molar-refractivity contribution in [1.29, 1.82) is 0 Å². The molecule has 0 bridgehead atoms. The van der Waals surface area contributed by atoms with Crippen LogP contribution in [0, 0.1) is 6.92 Å². The average Bonchev–Trinajstić information content (AvgIpc) is 2.38. The highest BCUT2D eigenvalue weighted by Crippen LogP contribution is 2.23. The van der Waals surface area contributed by atoms with Crippen molar-refractivity contribution >= 4 is 20.9 Å². The van der Waals surface area contributed by atoms with E-state index >= 15 is 0 Å². The zero-order valence-electron chi connectivity index (χ0n) is 11.7. The summed E-state index contributed by atoms with van der Waals surface area (Å²) in [7, 11) is 0.490. The van der Waals surface area contributed by atoms with E-state index in [1.807, 2.05) is 6.92 Å². The van der Waals surface area contributed by atoms with Crippen LogP contribution in [0.2, 0.25) is 0 Å². The van der Waals surface area contributed by atoms with E-state index in [1.54, 1.807) is 12.1 Å². The number of aromatic amines is 1. The van der Waals surface area contributed by atoms with Crippen LogP contribution in [0.5, 0.6) is 5.75 Å². The molecule has 2 aromatic rings. The number of aromatic nitrogens is 1. The number of rotatable bonds is 3. The van der Waals surface area contributed by atoms with E-state index in [-0.39, 0.29) is 10.3 Å². The summed E-state index contributed by atoms with van der Waals surface area (Å²) in [6.07, 6.45) is 1.23. The van der Waals surface area contributed by atoms with Crippen LogP contribution in [0.3, 0.4) is 0 Å². The molecule has 7 heteroatoms.